The highest BCUT2D eigenvalue weighted by Crippen LogP contribution is 2.40. The van der Waals surface area contributed by atoms with Gasteiger partial charge in [-0.05, 0) is 96.1 Å². The number of amides is 1. The van der Waals surface area contributed by atoms with Crippen LogP contribution in [-0.4, -0.2) is 47.4 Å². The van der Waals surface area contributed by atoms with E-state index in [0.29, 0.717) is 30.5 Å². The minimum absolute atomic E-state index is 0.0672. The topological polar surface area (TPSA) is 82.0 Å². The van der Waals surface area contributed by atoms with E-state index in [9.17, 15) is 15.0 Å². The summed E-state index contributed by atoms with van der Waals surface area (Å²) in [4.78, 5) is 14.1. The largest absolute Gasteiger partial charge is 0.508 e. The van der Waals surface area contributed by atoms with Crippen molar-refractivity contribution in [2.24, 2.45) is 11.8 Å². The monoisotopic (exact) mass is 530 g/mol. The fourth-order valence-corrected chi connectivity index (χ4v) is 5.77. The van der Waals surface area contributed by atoms with Crippen molar-refractivity contribution in [2.45, 2.75) is 51.4 Å². The summed E-state index contributed by atoms with van der Waals surface area (Å²) in [5, 5.41) is 22.7. The number of benzene rings is 3. The van der Waals surface area contributed by atoms with Crippen molar-refractivity contribution < 1.29 is 19.7 Å². The Bertz CT molecular complexity index is 1250. The van der Waals surface area contributed by atoms with E-state index in [1.54, 1.807) is 29.2 Å². The van der Waals surface area contributed by atoms with Crippen molar-refractivity contribution in [1.82, 2.24) is 10.2 Å². The number of likely N-dealkylation sites (tertiary alicyclic amines) is 1. The molecule has 1 amide bonds. The van der Waals surface area contributed by atoms with Crippen LogP contribution in [0, 0.1) is 11.8 Å². The van der Waals surface area contributed by atoms with Crippen LogP contribution >= 0.6 is 0 Å². The molecule has 2 aliphatic heterocycles. The Hall–Kier alpha value is -3.51. The number of piperidine rings is 2. The Morgan fingerprint density at radius 2 is 1.44 bits per heavy atom. The maximum absolute atomic E-state index is 12.4. The van der Waals surface area contributed by atoms with Crippen LogP contribution in [0.1, 0.15) is 51.7 Å². The standard InChI is InChI=1S/C20H23NO3.C13H19NO/c1-15-14-21(19(23)24-18-9-4-3-5-10-18)12-11-20(15,2)16-7-6-8-17(22)13-16;1-10-9-14-7-6-13(10,2)11-4-3-5-12(15)8-11/h3-10,13,15,22H,11-12,14H2,1-2H3;3-5,8,10,14-15H,6-7,9H2,1-2H3/t15-,20+;10-,13+/m00/s1. The number of phenolic OH excluding ortho intramolecular Hbond substituents is 2. The van der Waals surface area contributed by atoms with Gasteiger partial charge in [-0.2, -0.15) is 0 Å². The number of carbonyl (C=O) groups excluding carboxylic acids is 1. The Labute approximate surface area is 232 Å². The molecule has 0 bridgehead atoms. The average molecular weight is 531 g/mol. The first-order valence-corrected chi connectivity index (χ1v) is 13.9. The van der Waals surface area contributed by atoms with Crippen LogP contribution < -0.4 is 10.1 Å². The van der Waals surface area contributed by atoms with Crippen LogP contribution in [0.2, 0.25) is 0 Å². The lowest BCUT2D eigenvalue weighted by molar-refractivity contribution is 0.0969. The second-order valence-electron chi connectivity index (χ2n) is 11.6. The summed E-state index contributed by atoms with van der Waals surface area (Å²) in [5.41, 5.74) is 2.51. The lowest BCUT2D eigenvalue weighted by Gasteiger charge is -2.44. The number of nitrogens with one attached hydrogen (secondary N) is 1. The van der Waals surface area contributed by atoms with Crippen molar-refractivity contribution in [3.05, 3.63) is 90.0 Å². The molecule has 3 N–H and O–H groups in total. The van der Waals surface area contributed by atoms with Gasteiger partial charge >= 0.3 is 6.09 Å². The highest BCUT2D eigenvalue weighted by molar-refractivity contribution is 5.71. The number of aromatic hydroxyl groups is 2. The third kappa shape index (κ3) is 6.56. The third-order valence-corrected chi connectivity index (χ3v) is 9.06. The van der Waals surface area contributed by atoms with Crippen molar-refractivity contribution in [2.75, 3.05) is 26.2 Å². The normalized spacial score (nSPS) is 26.7. The first kappa shape index (κ1) is 28.5. The summed E-state index contributed by atoms with van der Waals surface area (Å²) >= 11 is 0. The summed E-state index contributed by atoms with van der Waals surface area (Å²) in [7, 11) is 0. The molecular formula is C33H42N2O4. The molecule has 0 spiro atoms. The van der Waals surface area contributed by atoms with E-state index < -0.39 is 0 Å². The highest BCUT2D eigenvalue weighted by Gasteiger charge is 2.40. The van der Waals surface area contributed by atoms with Gasteiger partial charge in [0.05, 0.1) is 0 Å². The van der Waals surface area contributed by atoms with E-state index in [1.807, 2.05) is 48.5 Å². The molecule has 5 rings (SSSR count). The predicted octanol–water partition coefficient (Wildman–Crippen LogP) is 6.47. The molecule has 3 aromatic carbocycles. The van der Waals surface area contributed by atoms with Crippen LogP contribution in [0.5, 0.6) is 17.2 Å². The Kier molecular flexibility index (Phi) is 8.86. The van der Waals surface area contributed by atoms with Gasteiger partial charge in [-0.3, -0.25) is 0 Å². The van der Waals surface area contributed by atoms with Crippen molar-refractivity contribution in [1.29, 1.82) is 0 Å². The van der Waals surface area contributed by atoms with Crippen LogP contribution in [0.3, 0.4) is 0 Å². The first-order valence-electron chi connectivity index (χ1n) is 13.9. The van der Waals surface area contributed by atoms with Gasteiger partial charge in [0.1, 0.15) is 17.2 Å². The van der Waals surface area contributed by atoms with E-state index in [-0.39, 0.29) is 28.6 Å². The van der Waals surface area contributed by atoms with E-state index in [1.165, 1.54) is 5.56 Å². The predicted molar refractivity (Wildman–Crippen MR) is 155 cm³/mol. The number of rotatable bonds is 3. The Balaban J connectivity index is 0.000000202. The number of phenols is 2. The second kappa shape index (κ2) is 12.1. The molecule has 2 heterocycles. The number of hydrogen-bond donors (Lipinski definition) is 3. The molecule has 0 aromatic heterocycles. The fraction of sp³-hybridized carbons (Fsp3) is 0.424. The zero-order chi connectivity index (χ0) is 28.0. The number of carbonyl (C=O) groups is 1. The van der Waals surface area contributed by atoms with Crippen molar-refractivity contribution in [3.8, 4) is 17.2 Å². The molecule has 0 radical (unpaired) electrons. The summed E-state index contributed by atoms with van der Waals surface area (Å²) < 4.78 is 5.44. The number of hydrogen-bond acceptors (Lipinski definition) is 5. The molecule has 2 aliphatic rings. The summed E-state index contributed by atoms with van der Waals surface area (Å²) in [6, 6.07) is 24.3. The van der Waals surface area contributed by atoms with Crippen molar-refractivity contribution in [3.63, 3.8) is 0 Å². The molecule has 4 atom stereocenters. The minimum atomic E-state index is -0.300. The van der Waals surface area contributed by atoms with E-state index in [0.717, 1.165) is 31.5 Å². The Morgan fingerprint density at radius 1 is 0.846 bits per heavy atom. The summed E-state index contributed by atoms with van der Waals surface area (Å²) in [5.74, 6) is 2.09. The molecule has 0 unspecified atom stereocenters. The molecule has 6 heteroatoms. The van der Waals surface area contributed by atoms with Gasteiger partial charge in [-0.1, -0.05) is 70.2 Å². The van der Waals surface area contributed by atoms with Gasteiger partial charge in [-0.25, -0.2) is 4.79 Å². The van der Waals surface area contributed by atoms with Crippen LogP contribution in [0.15, 0.2) is 78.9 Å². The maximum Gasteiger partial charge on any atom is 0.415 e. The average Bonchev–Trinajstić information content (AvgIpc) is 2.93. The van der Waals surface area contributed by atoms with Crippen LogP contribution in [0.4, 0.5) is 4.79 Å². The molecule has 39 heavy (non-hydrogen) atoms. The van der Waals surface area contributed by atoms with Gasteiger partial charge in [0.15, 0.2) is 0 Å². The molecule has 6 nitrogen and oxygen atoms in total. The quantitative estimate of drug-likeness (QED) is 0.362. The number of para-hydroxylation sites is 1. The lowest BCUT2D eigenvalue weighted by atomic mass is 9.68. The van der Waals surface area contributed by atoms with Gasteiger partial charge in [0, 0.05) is 13.1 Å². The van der Waals surface area contributed by atoms with Crippen molar-refractivity contribution >= 4 is 6.09 Å². The zero-order valence-electron chi connectivity index (χ0n) is 23.6. The first-order chi connectivity index (χ1) is 18.6. The zero-order valence-corrected chi connectivity index (χ0v) is 23.6. The Morgan fingerprint density at radius 3 is 1.97 bits per heavy atom. The maximum atomic E-state index is 12.4. The molecule has 3 aromatic rings. The molecule has 208 valence electrons. The van der Waals surface area contributed by atoms with Crippen LogP contribution in [0.25, 0.3) is 0 Å². The number of ether oxygens (including phenoxy) is 1. The van der Waals surface area contributed by atoms with Crippen LogP contribution in [-0.2, 0) is 10.8 Å². The summed E-state index contributed by atoms with van der Waals surface area (Å²) in [6.45, 7) is 12.3. The molecule has 0 saturated carbocycles. The molecular weight excluding hydrogens is 488 g/mol. The van der Waals surface area contributed by atoms with Gasteiger partial charge in [-0.15, -0.1) is 0 Å². The fourth-order valence-electron chi connectivity index (χ4n) is 5.77. The van der Waals surface area contributed by atoms with E-state index >= 15 is 0 Å². The van der Waals surface area contributed by atoms with Gasteiger partial charge in [0.25, 0.3) is 0 Å². The lowest BCUT2D eigenvalue weighted by Crippen LogP contribution is -2.50. The summed E-state index contributed by atoms with van der Waals surface area (Å²) in [6.07, 6.45) is 1.67. The second-order valence-corrected chi connectivity index (χ2v) is 11.6. The molecule has 2 fully saturated rings. The number of nitrogens with zero attached hydrogens (tertiary/aromatic N) is 1. The van der Waals surface area contributed by atoms with Gasteiger partial charge < -0.3 is 25.2 Å². The van der Waals surface area contributed by atoms with E-state index in [4.69, 9.17) is 4.74 Å². The highest BCUT2D eigenvalue weighted by atomic mass is 16.6. The molecule has 2 saturated heterocycles. The SMILES string of the molecule is C[C@H]1CN(C(=O)Oc2ccccc2)CC[C@@]1(C)c1cccc(O)c1.C[C@H]1CNCC[C@@]1(C)c1cccc(O)c1. The third-order valence-electron chi connectivity index (χ3n) is 9.06. The van der Waals surface area contributed by atoms with E-state index in [2.05, 4.69) is 39.1 Å². The smallest absolute Gasteiger partial charge is 0.415 e. The van der Waals surface area contributed by atoms with Gasteiger partial charge in [0.2, 0.25) is 0 Å². The minimum Gasteiger partial charge on any atom is -0.508 e. The molecule has 0 aliphatic carbocycles.